The number of rotatable bonds is 10. The quantitative estimate of drug-likeness (QED) is 0.324. The van der Waals surface area contributed by atoms with Gasteiger partial charge in [-0.3, -0.25) is 19.3 Å². The largest absolute Gasteiger partial charge is 0.497 e. The average molecular weight is 522 g/mol. The molecule has 37 heavy (non-hydrogen) atoms. The second-order valence-electron chi connectivity index (χ2n) is 7.84. The Morgan fingerprint density at radius 1 is 1.00 bits per heavy atom. The van der Waals surface area contributed by atoms with E-state index in [-0.39, 0.29) is 12.1 Å². The fourth-order valence-electron chi connectivity index (χ4n) is 3.69. The molecular weight excluding hydrogens is 497 g/mol. The van der Waals surface area contributed by atoms with E-state index < -0.39 is 36.1 Å². The van der Waals surface area contributed by atoms with E-state index in [4.69, 9.17) is 9.15 Å². The number of nitrogens with zero attached hydrogens (tertiary/aromatic N) is 1. The predicted molar refractivity (Wildman–Crippen MR) is 137 cm³/mol. The maximum atomic E-state index is 15.0. The molecule has 0 bridgehead atoms. The molecule has 2 aromatic carbocycles. The fraction of sp³-hybridized carbons (Fsp3) is 0.148. The number of nitrogens with one attached hydrogen (secondary N) is 2. The van der Waals surface area contributed by atoms with E-state index in [0.717, 1.165) is 0 Å². The smallest absolute Gasteiger partial charge is 0.261 e. The standard InChI is InChI=1S/C27H24FN3O5S/c1-35-19-12-10-18(11-13-19)31(24(32)17-30-26(33)23-9-5-15-37-23)25(21-7-2-3-8-22(21)28)27(34)29-16-20-6-4-14-36-20/h2-15,25H,16-17H2,1H3,(H,29,34)(H,30,33)/t25-/m1/s1. The van der Waals surface area contributed by atoms with Crippen LogP contribution in [0.2, 0.25) is 0 Å². The number of methoxy groups -OCH3 is 1. The summed E-state index contributed by atoms with van der Waals surface area (Å²) in [5.74, 6) is -1.30. The Morgan fingerprint density at radius 2 is 1.78 bits per heavy atom. The molecule has 3 amide bonds. The Hall–Kier alpha value is -4.44. The maximum Gasteiger partial charge on any atom is 0.261 e. The molecule has 0 spiro atoms. The summed E-state index contributed by atoms with van der Waals surface area (Å²) in [6.45, 7) is -0.379. The average Bonchev–Trinajstić information content (AvgIpc) is 3.64. The van der Waals surface area contributed by atoms with Gasteiger partial charge in [-0.25, -0.2) is 4.39 Å². The highest BCUT2D eigenvalue weighted by Crippen LogP contribution is 2.31. The molecule has 4 rings (SSSR count). The topological polar surface area (TPSA) is 101 Å². The van der Waals surface area contributed by atoms with E-state index in [2.05, 4.69) is 10.6 Å². The second kappa shape index (κ2) is 12.0. The highest BCUT2D eigenvalue weighted by Gasteiger charge is 2.34. The van der Waals surface area contributed by atoms with Gasteiger partial charge in [-0.1, -0.05) is 24.3 Å². The van der Waals surface area contributed by atoms with Crippen molar-refractivity contribution in [3.8, 4) is 5.75 Å². The lowest BCUT2D eigenvalue weighted by Gasteiger charge is -2.32. The van der Waals surface area contributed by atoms with Crippen LogP contribution >= 0.6 is 11.3 Å². The minimum Gasteiger partial charge on any atom is -0.497 e. The van der Waals surface area contributed by atoms with Gasteiger partial charge in [0.15, 0.2) is 0 Å². The molecule has 2 N–H and O–H groups in total. The molecule has 0 aliphatic heterocycles. The van der Waals surface area contributed by atoms with Crippen LogP contribution in [-0.2, 0) is 16.1 Å². The summed E-state index contributed by atoms with van der Waals surface area (Å²) in [5.41, 5.74) is 0.311. The van der Waals surface area contributed by atoms with Crippen LogP contribution in [0.15, 0.2) is 88.9 Å². The van der Waals surface area contributed by atoms with Gasteiger partial charge in [0, 0.05) is 11.3 Å². The van der Waals surface area contributed by atoms with Crippen molar-refractivity contribution in [2.75, 3.05) is 18.6 Å². The summed E-state index contributed by atoms with van der Waals surface area (Å²) in [4.78, 5) is 41.2. The first-order valence-corrected chi connectivity index (χ1v) is 12.2. The van der Waals surface area contributed by atoms with Crippen LogP contribution < -0.4 is 20.3 Å². The normalized spacial score (nSPS) is 11.4. The zero-order valence-corrected chi connectivity index (χ0v) is 20.7. The highest BCUT2D eigenvalue weighted by molar-refractivity contribution is 7.12. The lowest BCUT2D eigenvalue weighted by atomic mass is 10.0. The molecule has 2 heterocycles. The maximum absolute atomic E-state index is 15.0. The van der Waals surface area contributed by atoms with Gasteiger partial charge in [0.2, 0.25) is 11.8 Å². The Kier molecular flexibility index (Phi) is 8.32. The molecule has 1 atom stereocenters. The fourth-order valence-corrected chi connectivity index (χ4v) is 4.33. The second-order valence-corrected chi connectivity index (χ2v) is 8.79. The molecule has 0 aliphatic carbocycles. The number of benzene rings is 2. The van der Waals surface area contributed by atoms with Gasteiger partial charge in [0.25, 0.3) is 5.91 Å². The van der Waals surface area contributed by atoms with Crippen LogP contribution in [0.4, 0.5) is 10.1 Å². The Labute approximate surface area is 216 Å². The number of anilines is 1. The molecule has 190 valence electrons. The molecule has 0 unspecified atom stereocenters. The number of furan rings is 1. The molecule has 0 saturated carbocycles. The van der Waals surface area contributed by atoms with Crippen molar-refractivity contribution in [3.63, 3.8) is 0 Å². The molecule has 4 aromatic rings. The van der Waals surface area contributed by atoms with Crippen LogP contribution in [0.3, 0.4) is 0 Å². The summed E-state index contributed by atoms with van der Waals surface area (Å²) in [5, 5.41) is 7.06. The van der Waals surface area contributed by atoms with Crippen LogP contribution in [0.5, 0.6) is 5.75 Å². The number of hydrogen-bond acceptors (Lipinski definition) is 6. The van der Waals surface area contributed by atoms with Crippen molar-refractivity contribution in [1.82, 2.24) is 10.6 Å². The first-order valence-electron chi connectivity index (χ1n) is 11.3. The van der Waals surface area contributed by atoms with Gasteiger partial charge in [0.05, 0.1) is 31.3 Å². The summed E-state index contributed by atoms with van der Waals surface area (Å²) in [7, 11) is 1.50. The van der Waals surface area contributed by atoms with E-state index >= 15 is 4.39 Å². The molecule has 0 fully saturated rings. The zero-order chi connectivity index (χ0) is 26.2. The van der Waals surface area contributed by atoms with Crippen LogP contribution in [-0.4, -0.2) is 31.4 Å². The number of carbonyl (C=O) groups excluding carboxylic acids is 3. The molecule has 0 radical (unpaired) electrons. The number of ether oxygens (including phenoxy) is 1. The third kappa shape index (κ3) is 6.22. The van der Waals surface area contributed by atoms with Crippen molar-refractivity contribution in [3.05, 3.63) is 106 Å². The number of amides is 3. The van der Waals surface area contributed by atoms with Crippen molar-refractivity contribution in [1.29, 1.82) is 0 Å². The number of thiophene rings is 1. The zero-order valence-electron chi connectivity index (χ0n) is 19.8. The summed E-state index contributed by atoms with van der Waals surface area (Å²) < 4.78 is 25.5. The first kappa shape index (κ1) is 25.6. The number of hydrogen-bond donors (Lipinski definition) is 2. The van der Waals surface area contributed by atoms with Gasteiger partial charge in [-0.05, 0) is 53.9 Å². The lowest BCUT2D eigenvalue weighted by molar-refractivity contribution is -0.126. The molecule has 2 aromatic heterocycles. The minimum absolute atomic E-state index is 0.00630. The Bertz CT molecular complexity index is 1340. The van der Waals surface area contributed by atoms with Crippen molar-refractivity contribution in [2.24, 2.45) is 0 Å². The molecule has 8 nitrogen and oxygen atoms in total. The molecule has 0 aliphatic rings. The van der Waals surface area contributed by atoms with E-state index in [1.165, 1.54) is 47.8 Å². The SMILES string of the molecule is COc1ccc(N(C(=O)CNC(=O)c2cccs2)[C@@H](C(=O)NCc2ccco2)c2ccccc2F)cc1. The van der Waals surface area contributed by atoms with Gasteiger partial charge in [0.1, 0.15) is 23.4 Å². The van der Waals surface area contributed by atoms with E-state index in [1.54, 1.807) is 60.0 Å². The van der Waals surface area contributed by atoms with Crippen LogP contribution in [0.1, 0.15) is 27.0 Å². The lowest BCUT2D eigenvalue weighted by Crippen LogP contribution is -2.47. The van der Waals surface area contributed by atoms with Gasteiger partial charge < -0.3 is 19.8 Å². The van der Waals surface area contributed by atoms with Crippen molar-refractivity contribution < 1.29 is 27.9 Å². The van der Waals surface area contributed by atoms with Crippen LogP contribution in [0, 0.1) is 5.82 Å². The monoisotopic (exact) mass is 521 g/mol. The Morgan fingerprint density at radius 3 is 2.43 bits per heavy atom. The van der Waals surface area contributed by atoms with Gasteiger partial charge in [-0.15, -0.1) is 11.3 Å². The van der Waals surface area contributed by atoms with Gasteiger partial charge >= 0.3 is 0 Å². The van der Waals surface area contributed by atoms with Crippen molar-refractivity contribution in [2.45, 2.75) is 12.6 Å². The summed E-state index contributed by atoms with van der Waals surface area (Å²) >= 11 is 1.23. The minimum atomic E-state index is -1.38. The number of carbonyl (C=O) groups is 3. The van der Waals surface area contributed by atoms with Gasteiger partial charge in [-0.2, -0.15) is 0 Å². The summed E-state index contributed by atoms with van der Waals surface area (Å²) in [6.07, 6.45) is 1.47. The van der Waals surface area contributed by atoms with E-state index in [1.807, 2.05) is 0 Å². The Balaban J connectivity index is 1.69. The van der Waals surface area contributed by atoms with E-state index in [9.17, 15) is 14.4 Å². The molecule has 10 heteroatoms. The molecular formula is C27H24FN3O5S. The first-order chi connectivity index (χ1) is 18.0. The predicted octanol–water partition coefficient (Wildman–Crippen LogP) is 4.31. The highest BCUT2D eigenvalue weighted by atomic mass is 32.1. The number of halogens is 1. The third-order valence-corrected chi connectivity index (χ3v) is 6.36. The molecule has 0 saturated heterocycles. The van der Waals surface area contributed by atoms with Crippen LogP contribution in [0.25, 0.3) is 0 Å². The van der Waals surface area contributed by atoms with Crippen molar-refractivity contribution >= 4 is 34.7 Å². The third-order valence-electron chi connectivity index (χ3n) is 5.49. The van der Waals surface area contributed by atoms with E-state index in [0.29, 0.717) is 22.1 Å². The summed E-state index contributed by atoms with van der Waals surface area (Å²) in [6, 6.07) is 17.5.